The summed E-state index contributed by atoms with van der Waals surface area (Å²) in [5, 5.41) is 8.53. The molecule has 0 aromatic heterocycles. The molecule has 1 aromatic carbocycles. The lowest BCUT2D eigenvalue weighted by atomic mass is 10.0. The van der Waals surface area contributed by atoms with Gasteiger partial charge in [0.25, 0.3) is 0 Å². The number of aliphatic hydroxyl groups is 1. The zero-order valence-electron chi connectivity index (χ0n) is 8.91. The maximum atomic E-state index is 11.5. The number of esters is 1. The number of aryl methyl sites for hydroxylation is 2. The molecule has 1 rings (SSSR count). The van der Waals surface area contributed by atoms with E-state index in [0.717, 1.165) is 11.1 Å². The van der Waals surface area contributed by atoms with E-state index < -0.39 is 5.97 Å². The van der Waals surface area contributed by atoms with Gasteiger partial charge >= 0.3 is 5.97 Å². The summed E-state index contributed by atoms with van der Waals surface area (Å²) in [6.45, 7) is 3.53. The molecule has 0 atom stereocenters. The second kappa shape index (κ2) is 4.79. The van der Waals surface area contributed by atoms with Crippen molar-refractivity contribution in [2.45, 2.75) is 13.8 Å². The van der Waals surface area contributed by atoms with Gasteiger partial charge in [0.1, 0.15) is 6.61 Å². The third-order valence-electron chi connectivity index (χ3n) is 2.16. The molecule has 0 bridgehead atoms. The van der Waals surface area contributed by atoms with E-state index in [-0.39, 0.29) is 13.2 Å². The van der Waals surface area contributed by atoms with Gasteiger partial charge in [-0.05, 0) is 31.0 Å². The van der Waals surface area contributed by atoms with Gasteiger partial charge in [0.05, 0.1) is 12.2 Å². The number of ether oxygens (including phenoxy) is 1. The van der Waals surface area contributed by atoms with Crippen LogP contribution in [0.15, 0.2) is 12.1 Å². The largest absolute Gasteiger partial charge is 0.460 e. The molecule has 0 radical (unpaired) electrons. The molecule has 82 valence electrons. The molecule has 1 aromatic rings. The maximum absolute atomic E-state index is 11.5. The first-order valence-electron chi connectivity index (χ1n) is 4.71. The summed E-state index contributed by atoms with van der Waals surface area (Å²) in [5.74, 6) is -0.451. The van der Waals surface area contributed by atoms with Crippen LogP contribution in [0.3, 0.4) is 0 Å². The average molecular weight is 209 g/mol. The molecule has 0 amide bonds. The second-order valence-electron chi connectivity index (χ2n) is 3.38. The van der Waals surface area contributed by atoms with Crippen LogP contribution >= 0.6 is 0 Å². The highest BCUT2D eigenvalue weighted by Gasteiger charge is 2.11. The smallest absolute Gasteiger partial charge is 0.338 e. The number of rotatable bonds is 3. The highest BCUT2D eigenvalue weighted by atomic mass is 16.5. The molecule has 0 saturated heterocycles. The molecule has 15 heavy (non-hydrogen) atoms. The molecule has 4 nitrogen and oxygen atoms in total. The minimum atomic E-state index is -0.451. The highest BCUT2D eigenvalue weighted by Crippen LogP contribution is 2.18. The van der Waals surface area contributed by atoms with Gasteiger partial charge in [-0.3, -0.25) is 0 Å². The first-order valence-corrected chi connectivity index (χ1v) is 4.71. The summed E-state index contributed by atoms with van der Waals surface area (Å²) in [6, 6.07) is 3.44. The number of nitrogens with two attached hydrogens (primary N) is 1. The van der Waals surface area contributed by atoms with Crippen molar-refractivity contribution >= 4 is 11.7 Å². The van der Waals surface area contributed by atoms with E-state index in [9.17, 15) is 4.79 Å². The molecule has 0 fully saturated rings. The van der Waals surface area contributed by atoms with Crippen LogP contribution in [-0.2, 0) is 4.74 Å². The van der Waals surface area contributed by atoms with Gasteiger partial charge in [-0.25, -0.2) is 4.79 Å². The fraction of sp³-hybridized carbons (Fsp3) is 0.364. The van der Waals surface area contributed by atoms with Crippen molar-refractivity contribution in [3.05, 3.63) is 28.8 Å². The lowest BCUT2D eigenvalue weighted by Crippen LogP contribution is -2.11. The quantitative estimate of drug-likeness (QED) is 0.576. The molecule has 0 aliphatic carbocycles. The summed E-state index contributed by atoms with van der Waals surface area (Å²) in [5.41, 5.74) is 8.48. The Labute approximate surface area is 88.7 Å². The zero-order chi connectivity index (χ0) is 11.4. The Bertz CT molecular complexity index is 374. The number of benzene rings is 1. The third kappa shape index (κ3) is 2.70. The highest BCUT2D eigenvalue weighted by molar-refractivity contribution is 5.92. The average Bonchev–Trinajstić information content (AvgIpc) is 2.20. The van der Waals surface area contributed by atoms with Gasteiger partial charge in [-0.15, -0.1) is 0 Å². The second-order valence-corrected chi connectivity index (χ2v) is 3.38. The molecule has 0 saturated carbocycles. The fourth-order valence-corrected chi connectivity index (χ4v) is 1.31. The maximum Gasteiger partial charge on any atom is 0.338 e. The molecule has 0 aliphatic rings. The monoisotopic (exact) mass is 209 g/mol. The Morgan fingerprint density at radius 3 is 2.67 bits per heavy atom. The lowest BCUT2D eigenvalue weighted by molar-refractivity contribution is 0.0433. The third-order valence-corrected chi connectivity index (χ3v) is 2.16. The van der Waals surface area contributed by atoms with Crippen molar-refractivity contribution in [1.82, 2.24) is 0 Å². The number of hydrogen-bond donors (Lipinski definition) is 2. The standard InChI is InChI=1S/C11H15NO3/c1-7-5-8(2)10(12)6-9(7)11(14)15-4-3-13/h5-6,13H,3-4,12H2,1-2H3. The van der Waals surface area contributed by atoms with Gasteiger partial charge in [0.2, 0.25) is 0 Å². The normalized spacial score (nSPS) is 10.1. The number of carbonyl (C=O) groups is 1. The summed E-state index contributed by atoms with van der Waals surface area (Å²) in [4.78, 5) is 11.5. The molecule has 0 aliphatic heterocycles. The number of anilines is 1. The first kappa shape index (κ1) is 11.5. The molecular formula is C11H15NO3. The van der Waals surface area contributed by atoms with Crippen LogP contribution in [0, 0.1) is 13.8 Å². The predicted octanol–water partition coefficient (Wildman–Crippen LogP) is 1.03. The van der Waals surface area contributed by atoms with Crippen LogP contribution in [0.4, 0.5) is 5.69 Å². The van der Waals surface area contributed by atoms with Gasteiger partial charge in [-0.2, -0.15) is 0 Å². The SMILES string of the molecule is Cc1cc(C)c(C(=O)OCCO)cc1N. The van der Waals surface area contributed by atoms with E-state index in [4.69, 9.17) is 15.6 Å². The van der Waals surface area contributed by atoms with Gasteiger partial charge in [0.15, 0.2) is 0 Å². The summed E-state index contributed by atoms with van der Waals surface area (Å²) >= 11 is 0. The molecule has 0 heterocycles. The summed E-state index contributed by atoms with van der Waals surface area (Å²) in [6.07, 6.45) is 0. The lowest BCUT2D eigenvalue weighted by Gasteiger charge is -2.08. The van der Waals surface area contributed by atoms with E-state index in [1.165, 1.54) is 0 Å². The number of carbonyl (C=O) groups excluding carboxylic acids is 1. The zero-order valence-corrected chi connectivity index (χ0v) is 8.91. The predicted molar refractivity (Wildman–Crippen MR) is 57.7 cm³/mol. The van der Waals surface area contributed by atoms with Crippen LogP contribution in [0.2, 0.25) is 0 Å². The van der Waals surface area contributed by atoms with Crippen molar-refractivity contribution in [2.75, 3.05) is 18.9 Å². The van der Waals surface area contributed by atoms with E-state index in [1.807, 2.05) is 19.9 Å². The van der Waals surface area contributed by atoms with Crippen molar-refractivity contribution in [3.63, 3.8) is 0 Å². The van der Waals surface area contributed by atoms with Crippen LogP contribution in [0.1, 0.15) is 21.5 Å². The van der Waals surface area contributed by atoms with Crippen molar-refractivity contribution in [3.8, 4) is 0 Å². The summed E-state index contributed by atoms with van der Waals surface area (Å²) < 4.78 is 4.81. The van der Waals surface area contributed by atoms with Gasteiger partial charge < -0.3 is 15.6 Å². The Hall–Kier alpha value is -1.55. The minimum absolute atomic E-state index is 0.00601. The molecule has 4 heteroatoms. The Balaban J connectivity index is 2.94. The Morgan fingerprint density at radius 1 is 1.40 bits per heavy atom. The van der Waals surface area contributed by atoms with Gasteiger partial charge in [0, 0.05) is 5.69 Å². The van der Waals surface area contributed by atoms with E-state index >= 15 is 0 Å². The van der Waals surface area contributed by atoms with Crippen LogP contribution in [0.25, 0.3) is 0 Å². The van der Waals surface area contributed by atoms with E-state index in [0.29, 0.717) is 11.3 Å². The van der Waals surface area contributed by atoms with Crippen LogP contribution in [0.5, 0.6) is 0 Å². The Kier molecular flexibility index (Phi) is 3.68. The molecular weight excluding hydrogens is 194 g/mol. The van der Waals surface area contributed by atoms with Gasteiger partial charge in [-0.1, -0.05) is 6.07 Å². The van der Waals surface area contributed by atoms with E-state index in [1.54, 1.807) is 6.07 Å². The van der Waals surface area contributed by atoms with Crippen molar-refractivity contribution in [2.24, 2.45) is 0 Å². The number of aliphatic hydroxyl groups excluding tert-OH is 1. The minimum Gasteiger partial charge on any atom is -0.460 e. The Morgan fingerprint density at radius 2 is 2.07 bits per heavy atom. The molecule has 0 unspecified atom stereocenters. The molecule has 3 N–H and O–H groups in total. The summed E-state index contributed by atoms with van der Waals surface area (Å²) in [7, 11) is 0. The number of nitrogen functional groups attached to an aromatic ring is 1. The van der Waals surface area contributed by atoms with Crippen LogP contribution in [-0.4, -0.2) is 24.3 Å². The van der Waals surface area contributed by atoms with E-state index in [2.05, 4.69) is 0 Å². The van der Waals surface area contributed by atoms with Crippen molar-refractivity contribution in [1.29, 1.82) is 0 Å². The first-order chi connectivity index (χ1) is 7.06. The number of hydrogen-bond acceptors (Lipinski definition) is 4. The van der Waals surface area contributed by atoms with Crippen LogP contribution < -0.4 is 5.73 Å². The van der Waals surface area contributed by atoms with Crippen molar-refractivity contribution < 1.29 is 14.6 Å². The fourth-order valence-electron chi connectivity index (χ4n) is 1.31. The molecule has 0 spiro atoms. The topological polar surface area (TPSA) is 72.5 Å².